The van der Waals surface area contributed by atoms with Crippen molar-refractivity contribution in [1.82, 2.24) is 20.0 Å². The zero-order chi connectivity index (χ0) is 21.0. The van der Waals surface area contributed by atoms with E-state index in [2.05, 4.69) is 22.2 Å². The number of hydrogen-bond donors (Lipinski definition) is 1. The summed E-state index contributed by atoms with van der Waals surface area (Å²) in [5, 5.41) is 18.5. The van der Waals surface area contributed by atoms with Gasteiger partial charge in [0, 0.05) is 18.2 Å². The van der Waals surface area contributed by atoms with E-state index in [0.29, 0.717) is 36.1 Å². The summed E-state index contributed by atoms with van der Waals surface area (Å²) in [4.78, 5) is 25.7. The zero-order valence-electron chi connectivity index (χ0n) is 17.4. The highest BCUT2D eigenvalue weighted by atomic mass is 16.6. The van der Waals surface area contributed by atoms with E-state index in [9.17, 15) is 14.9 Å². The van der Waals surface area contributed by atoms with Gasteiger partial charge in [0.1, 0.15) is 11.4 Å². The normalized spacial score (nSPS) is 15.4. The van der Waals surface area contributed by atoms with Crippen molar-refractivity contribution < 1.29 is 9.72 Å². The highest BCUT2D eigenvalue weighted by Crippen LogP contribution is 2.22. The Morgan fingerprint density at radius 1 is 1.24 bits per heavy atom. The fourth-order valence-electron chi connectivity index (χ4n) is 3.99. The molecule has 0 bridgehead atoms. The van der Waals surface area contributed by atoms with Gasteiger partial charge in [-0.3, -0.25) is 24.5 Å². The molecule has 1 amide bonds. The van der Waals surface area contributed by atoms with Crippen molar-refractivity contribution in [2.45, 2.75) is 52.6 Å². The lowest BCUT2D eigenvalue weighted by molar-refractivity contribution is -0.386. The summed E-state index contributed by atoms with van der Waals surface area (Å²) in [6.07, 6.45) is 3.50. The molecule has 3 rings (SSSR count). The molecule has 2 aromatic rings. The van der Waals surface area contributed by atoms with E-state index in [0.717, 1.165) is 25.1 Å². The summed E-state index contributed by atoms with van der Waals surface area (Å²) in [7, 11) is 0. The van der Waals surface area contributed by atoms with Gasteiger partial charge in [0.25, 0.3) is 5.91 Å². The smallest absolute Gasteiger partial charge is 0.312 e. The second-order valence-corrected chi connectivity index (χ2v) is 7.65. The molecule has 0 radical (unpaired) electrons. The van der Waals surface area contributed by atoms with Crippen molar-refractivity contribution >= 4 is 11.6 Å². The Hall–Kier alpha value is -2.74. The first kappa shape index (κ1) is 21.0. The van der Waals surface area contributed by atoms with Gasteiger partial charge in [0.2, 0.25) is 0 Å². The van der Waals surface area contributed by atoms with Crippen LogP contribution in [0.5, 0.6) is 0 Å². The maximum atomic E-state index is 12.5. The number of rotatable bonds is 8. The molecule has 2 heterocycles. The van der Waals surface area contributed by atoms with Crippen LogP contribution in [0.2, 0.25) is 0 Å². The predicted octanol–water partition coefficient (Wildman–Crippen LogP) is 3.06. The molecule has 1 atom stereocenters. The van der Waals surface area contributed by atoms with Crippen molar-refractivity contribution in [3.8, 4) is 0 Å². The highest BCUT2D eigenvalue weighted by molar-refractivity contribution is 5.94. The van der Waals surface area contributed by atoms with Crippen LogP contribution >= 0.6 is 0 Å². The molecule has 1 aromatic heterocycles. The lowest BCUT2D eigenvalue weighted by Crippen LogP contribution is -2.42. The van der Waals surface area contributed by atoms with E-state index < -0.39 is 4.92 Å². The molecule has 1 unspecified atom stereocenters. The third-order valence-electron chi connectivity index (χ3n) is 5.70. The van der Waals surface area contributed by atoms with Crippen LogP contribution in [-0.4, -0.2) is 51.2 Å². The molecule has 1 saturated heterocycles. The Bertz CT molecular complexity index is 869. The summed E-state index contributed by atoms with van der Waals surface area (Å²) in [6, 6.07) is 7.72. The van der Waals surface area contributed by atoms with Crippen molar-refractivity contribution in [1.29, 1.82) is 0 Å². The lowest BCUT2D eigenvalue weighted by Gasteiger charge is -2.26. The van der Waals surface area contributed by atoms with Crippen molar-refractivity contribution in [3.63, 3.8) is 0 Å². The van der Waals surface area contributed by atoms with Gasteiger partial charge in [-0.25, -0.2) is 0 Å². The molecule has 1 aliphatic rings. The number of aryl methyl sites for hydroxylation is 1. The molecule has 1 aliphatic heterocycles. The second kappa shape index (κ2) is 9.17. The fraction of sp³-hybridized carbons (Fsp3) is 0.524. The number of nitrogens with zero attached hydrogens (tertiary/aromatic N) is 4. The average Bonchev–Trinajstić information content (AvgIpc) is 3.31. The van der Waals surface area contributed by atoms with Crippen molar-refractivity contribution in [2.75, 3.05) is 19.6 Å². The standard InChI is InChI=1S/C21H29N5O3/c1-4-19(24-11-5-6-12-24)13-22-21(27)18-9-7-17(8-10-18)14-25-16(3)20(26(28)29)15(2)23-25/h7-10,19H,4-6,11-14H2,1-3H3,(H,22,27). The number of carbonyl (C=O) groups excluding carboxylic acids is 1. The summed E-state index contributed by atoms with van der Waals surface area (Å²) in [5.41, 5.74) is 2.55. The number of benzene rings is 1. The Labute approximate surface area is 171 Å². The van der Waals surface area contributed by atoms with E-state index in [-0.39, 0.29) is 11.6 Å². The minimum atomic E-state index is -0.396. The average molecular weight is 399 g/mol. The Kier molecular flexibility index (Phi) is 6.64. The zero-order valence-corrected chi connectivity index (χ0v) is 17.4. The first-order chi connectivity index (χ1) is 13.9. The van der Waals surface area contributed by atoms with E-state index >= 15 is 0 Å². The first-order valence-corrected chi connectivity index (χ1v) is 10.2. The largest absolute Gasteiger partial charge is 0.350 e. The molecule has 0 aliphatic carbocycles. The first-order valence-electron chi connectivity index (χ1n) is 10.2. The SMILES string of the molecule is CCC(CNC(=O)c1ccc(Cn2nc(C)c([N+](=O)[O-])c2C)cc1)N1CCCC1. The quantitative estimate of drug-likeness (QED) is 0.544. The van der Waals surface area contributed by atoms with Crippen LogP contribution in [0.1, 0.15) is 53.5 Å². The summed E-state index contributed by atoms with van der Waals surface area (Å²) >= 11 is 0. The minimum Gasteiger partial charge on any atom is -0.350 e. The van der Waals surface area contributed by atoms with Gasteiger partial charge in [0.15, 0.2) is 0 Å². The fourth-order valence-corrected chi connectivity index (χ4v) is 3.99. The highest BCUT2D eigenvalue weighted by Gasteiger charge is 2.22. The summed E-state index contributed by atoms with van der Waals surface area (Å²) in [5.74, 6) is -0.0732. The topological polar surface area (TPSA) is 93.3 Å². The van der Waals surface area contributed by atoms with Crippen LogP contribution in [-0.2, 0) is 6.54 Å². The lowest BCUT2D eigenvalue weighted by atomic mass is 10.1. The molecule has 8 nitrogen and oxygen atoms in total. The van der Waals surface area contributed by atoms with Gasteiger partial charge in [-0.2, -0.15) is 5.10 Å². The Balaban J connectivity index is 1.60. The van der Waals surface area contributed by atoms with Gasteiger partial charge in [-0.15, -0.1) is 0 Å². The van der Waals surface area contributed by atoms with Crippen molar-refractivity contribution in [2.24, 2.45) is 0 Å². The molecular weight excluding hydrogens is 370 g/mol. The molecule has 0 saturated carbocycles. The minimum absolute atomic E-state index is 0.0597. The summed E-state index contributed by atoms with van der Waals surface area (Å²) < 4.78 is 1.63. The molecule has 0 spiro atoms. The Morgan fingerprint density at radius 3 is 2.45 bits per heavy atom. The Morgan fingerprint density at radius 2 is 1.90 bits per heavy atom. The van der Waals surface area contributed by atoms with Crippen LogP contribution in [0.4, 0.5) is 5.69 Å². The number of hydrogen-bond acceptors (Lipinski definition) is 5. The van der Waals surface area contributed by atoms with E-state index in [1.807, 2.05) is 12.1 Å². The number of likely N-dealkylation sites (tertiary alicyclic amines) is 1. The van der Waals surface area contributed by atoms with Gasteiger partial charge in [-0.05, 0) is 63.9 Å². The molecule has 1 fully saturated rings. The number of amides is 1. The number of nitro groups is 1. The number of aromatic nitrogens is 2. The third kappa shape index (κ3) is 4.82. The van der Waals surface area contributed by atoms with Gasteiger partial charge >= 0.3 is 5.69 Å². The van der Waals surface area contributed by atoms with Crippen LogP contribution in [0.25, 0.3) is 0 Å². The summed E-state index contributed by atoms with van der Waals surface area (Å²) in [6.45, 7) is 8.82. The van der Waals surface area contributed by atoms with Crippen LogP contribution in [0.3, 0.4) is 0 Å². The second-order valence-electron chi connectivity index (χ2n) is 7.65. The number of carbonyl (C=O) groups is 1. The van der Waals surface area contributed by atoms with Gasteiger partial charge < -0.3 is 5.32 Å². The van der Waals surface area contributed by atoms with Crippen molar-refractivity contribution in [3.05, 3.63) is 56.9 Å². The molecule has 1 aromatic carbocycles. The maximum absolute atomic E-state index is 12.5. The molecule has 156 valence electrons. The molecule has 1 N–H and O–H groups in total. The van der Waals surface area contributed by atoms with Gasteiger partial charge in [-0.1, -0.05) is 19.1 Å². The van der Waals surface area contributed by atoms with E-state index in [4.69, 9.17) is 0 Å². The van der Waals surface area contributed by atoms with E-state index in [1.54, 1.807) is 30.7 Å². The molecule has 8 heteroatoms. The molecular formula is C21H29N5O3. The third-order valence-corrected chi connectivity index (χ3v) is 5.70. The predicted molar refractivity (Wildman–Crippen MR) is 111 cm³/mol. The van der Waals surface area contributed by atoms with Crippen LogP contribution in [0.15, 0.2) is 24.3 Å². The monoisotopic (exact) mass is 399 g/mol. The van der Waals surface area contributed by atoms with Crippen LogP contribution < -0.4 is 5.32 Å². The van der Waals surface area contributed by atoms with E-state index in [1.165, 1.54) is 12.8 Å². The maximum Gasteiger partial charge on any atom is 0.312 e. The number of nitrogens with one attached hydrogen (secondary N) is 1. The molecule has 29 heavy (non-hydrogen) atoms. The van der Waals surface area contributed by atoms with Gasteiger partial charge in [0.05, 0.1) is 11.5 Å². The van der Waals surface area contributed by atoms with Crippen LogP contribution in [0, 0.1) is 24.0 Å².